The van der Waals surface area contributed by atoms with E-state index in [0.717, 1.165) is 11.1 Å². The lowest BCUT2D eigenvalue weighted by molar-refractivity contribution is -0.119. The normalized spacial score (nSPS) is 11.6. The van der Waals surface area contributed by atoms with Gasteiger partial charge in [0.2, 0.25) is 11.8 Å². The van der Waals surface area contributed by atoms with Crippen LogP contribution in [0.15, 0.2) is 42.5 Å². The summed E-state index contributed by atoms with van der Waals surface area (Å²) in [5.74, 6) is -0.806. The number of hydrogen-bond acceptors (Lipinski definition) is 3. The molecule has 0 spiro atoms. The first kappa shape index (κ1) is 21.2. The molecule has 148 valence electrons. The molecule has 0 aliphatic carbocycles. The van der Waals surface area contributed by atoms with Gasteiger partial charge in [0.1, 0.15) is 6.04 Å². The number of aryl methyl sites for hydroxylation is 2. The van der Waals surface area contributed by atoms with E-state index in [9.17, 15) is 14.4 Å². The van der Waals surface area contributed by atoms with Gasteiger partial charge in [-0.05, 0) is 55.2 Å². The van der Waals surface area contributed by atoms with Crippen LogP contribution < -0.4 is 16.0 Å². The molecular weight excluding hydrogens is 354 g/mol. The standard InChI is InChI=1S/C22H27N3O3/c1-13(2)20(25-21(27)18-9-7-6-8-14(18)3)22(28)24-17-10-11-19(15(4)12-17)23-16(5)26/h6-13,20H,1-5H3,(H,23,26)(H,24,28)(H,25,27). The highest BCUT2D eigenvalue weighted by molar-refractivity contribution is 6.02. The Labute approximate surface area is 165 Å². The summed E-state index contributed by atoms with van der Waals surface area (Å²) in [5.41, 5.74) is 3.53. The number of rotatable bonds is 6. The van der Waals surface area contributed by atoms with Crippen molar-refractivity contribution in [1.29, 1.82) is 0 Å². The first-order valence-electron chi connectivity index (χ1n) is 9.24. The van der Waals surface area contributed by atoms with E-state index < -0.39 is 6.04 Å². The molecule has 0 fully saturated rings. The van der Waals surface area contributed by atoms with Crippen LogP contribution >= 0.6 is 0 Å². The zero-order chi connectivity index (χ0) is 20.8. The van der Waals surface area contributed by atoms with E-state index in [0.29, 0.717) is 16.9 Å². The van der Waals surface area contributed by atoms with Crippen LogP contribution in [0.1, 0.15) is 42.3 Å². The molecule has 0 saturated carbocycles. The number of benzene rings is 2. The number of amides is 3. The van der Waals surface area contributed by atoms with Gasteiger partial charge in [-0.3, -0.25) is 14.4 Å². The minimum atomic E-state index is -0.678. The van der Waals surface area contributed by atoms with Crippen molar-refractivity contribution in [3.8, 4) is 0 Å². The molecule has 3 N–H and O–H groups in total. The molecule has 0 aromatic heterocycles. The van der Waals surface area contributed by atoms with Gasteiger partial charge in [-0.25, -0.2) is 0 Å². The van der Waals surface area contributed by atoms with Gasteiger partial charge < -0.3 is 16.0 Å². The fourth-order valence-corrected chi connectivity index (χ4v) is 2.87. The Bertz CT molecular complexity index is 890. The number of hydrogen-bond donors (Lipinski definition) is 3. The molecule has 2 aromatic carbocycles. The zero-order valence-corrected chi connectivity index (χ0v) is 16.9. The predicted molar refractivity (Wildman–Crippen MR) is 111 cm³/mol. The second-order valence-corrected chi connectivity index (χ2v) is 7.21. The van der Waals surface area contributed by atoms with Crippen molar-refractivity contribution in [2.24, 2.45) is 5.92 Å². The van der Waals surface area contributed by atoms with E-state index >= 15 is 0 Å². The summed E-state index contributed by atoms with van der Waals surface area (Å²) in [6.07, 6.45) is 0. The van der Waals surface area contributed by atoms with Gasteiger partial charge in [-0.2, -0.15) is 0 Å². The van der Waals surface area contributed by atoms with Gasteiger partial charge in [0.05, 0.1) is 0 Å². The Balaban J connectivity index is 2.13. The van der Waals surface area contributed by atoms with Crippen molar-refractivity contribution in [3.63, 3.8) is 0 Å². The molecule has 1 atom stereocenters. The van der Waals surface area contributed by atoms with E-state index in [-0.39, 0.29) is 23.6 Å². The molecule has 6 nitrogen and oxygen atoms in total. The minimum absolute atomic E-state index is 0.0901. The summed E-state index contributed by atoms with van der Waals surface area (Å²) >= 11 is 0. The van der Waals surface area contributed by atoms with Crippen LogP contribution in [0.25, 0.3) is 0 Å². The minimum Gasteiger partial charge on any atom is -0.340 e. The van der Waals surface area contributed by atoms with Gasteiger partial charge in [-0.15, -0.1) is 0 Å². The van der Waals surface area contributed by atoms with Crippen molar-refractivity contribution >= 4 is 29.1 Å². The maximum atomic E-state index is 12.8. The van der Waals surface area contributed by atoms with Crippen LogP contribution in [-0.4, -0.2) is 23.8 Å². The van der Waals surface area contributed by atoms with Gasteiger partial charge in [0.25, 0.3) is 5.91 Å². The maximum Gasteiger partial charge on any atom is 0.252 e. The van der Waals surface area contributed by atoms with E-state index in [1.165, 1.54) is 6.92 Å². The molecular formula is C22H27N3O3. The molecule has 0 saturated heterocycles. The maximum absolute atomic E-state index is 12.8. The first-order chi connectivity index (χ1) is 13.2. The molecule has 3 amide bonds. The first-order valence-corrected chi connectivity index (χ1v) is 9.24. The zero-order valence-electron chi connectivity index (χ0n) is 16.9. The van der Waals surface area contributed by atoms with Crippen molar-refractivity contribution in [2.45, 2.75) is 40.7 Å². The van der Waals surface area contributed by atoms with Gasteiger partial charge in [-0.1, -0.05) is 32.0 Å². The fourth-order valence-electron chi connectivity index (χ4n) is 2.87. The monoisotopic (exact) mass is 381 g/mol. The SMILES string of the molecule is CC(=O)Nc1ccc(NC(=O)C(NC(=O)c2ccccc2C)C(C)C)cc1C. The molecule has 6 heteroatoms. The van der Waals surface area contributed by atoms with Crippen LogP contribution in [0.2, 0.25) is 0 Å². The number of anilines is 2. The van der Waals surface area contributed by atoms with E-state index in [1.807, 2.05) is 39.8 Å². The summed E-state index contributed by atoms with van der Waals surface area (Å²) in [6.45, 7) is 8.92. The molecule has 0 radical (unpaired) electrons. The van der Waals surface area contributed by atoms with Crippen LogP contribution in [0.4, 0.5) is 11.4 Å². The summed E-state index contributed by atoms with van der Waals surface area (Å²) < 4.78 is 0. The fraction of sp³-hybridized carbons (Fsp3) is 0.318. The number of nitrogens with one attached hydrogen (secondary N) is 3. The highest BCUT2D eigenvalue weighted by Gasteiger charge is 2.25. The third kappa shape index (κ3) is 5.42. The van der Waals surface area contributed by atoms with Crippen molar-refractivity contribution in [3.05, 3.63) is 59.2 Å². The van der Waals surface area contributed by atoms with Crippen molar-refractivity contribution in [1.82, 2.24) is 5.32 Å². The Morgan fingerprint density at radius 1 is 0.893 bits per heavy atom. The van der Waals surface area contributed by atoms with Crippen LogP contribution in [0.3, 0.4) is 0 Å². The molecule has 2 aromatic rings. The smallest absolute Gasteiger partial charge is 0.252 e. The molecule has 0 heterocycles. The molecule has 0 bridgehead atoms. The Morgan fingerprint density at radius 3 is 2.14 bits per heavy atom. The van der Waals surface area contributed by atoms with Gasteiger partial charge in [0, 0.05) is 23.9 Å². The van der Waals surface area contributed by atoms with E-state index in [2.05, 4.69) is 16.0 Å². The summed E-state index contributed by atoms with van der Waals surface area (Å²) in [4.78, 5) is 36.6. The molecule has 2 rings (SSSR count). The molecule has 0 aliphatic heterocycles. The molecule has 28 heavy (non-hydrogen) atoms. The number of carbonyl (C=O) groups is 3. The summed E-state index contributed by atoms with van der Waals surface area (Å²) in [6, 6.07) is 11.8. The van der Waals surface area contributed by atoms with Gasteiger partial charge in [0.15, 0.2) is 0 Å². The predicted octanol–water partition coefficient (Wildman–Crippen LogP) is 3.65. The topological polar surface area (TPSA) is 87.3 Å². The third-order valence-electron chi connectivity index (χ3n) is 4.43. The van der Waals surface area contributed by atoms with E-state index in [1.54, 1.807) is 30.3 Å². The average Bonchev–Trinajstić information content (AvgIpc) is 2.61. The Morgan fingerprint density at radius 2 is 1.57 bits per heavy atom. The van der Waals surface area contributed by atoms with Gasteiger partial charge >= 0.3 is 0 Å². The highest BCUT2D eigenvalue weighted by atomic mass is 16.2. The lowest BCUT2D eigenvalue weighted by Crippen LogP contribution is -2.47. The van der Waals surface area contributed by atoms with Crippen LogP contribution in [-0.2, 0) is 9.59 Å². The third-order valence-corrected chi connectivity index (χ3v) is 4.43. The summed E-state index contributed by atoms with van der Waals surface area (Å²) in [5, 5.41) is 8.42. The summed E-state index contributed by atoms with van der Waals surface area (Å²) in [7, 11) is 0. The number of carbonyl (C=O) groups excluding carboxylic acids is 3. The second kappa shape index (κ2) is 9.17. The largest absolute Gasteiger partial charge is 0.340 e. The van der Waals surface area contributed by atoms with Crippen LogP contribution in [0.5, 0.6) is 0 Å². The Hall–Kier alpha value is -3.15. The van der Waals surface area contributed by atoms with Crippen LogP contribution in [0, 0.1) is 19.8 Å². The Kier molecular flexibility index (Phi) is 6.93. The highest BCUT2D eigenvalue weighted by Crippen LogP contribution is 2.20. The average molecular weight is 381 g/mol. The van der Waals surface area contributed by atoms with Crippen molar-refractivity contribution < 1.29 is 14.4 Å². The molecule has 1 unspecified atom stereocenters. The lowest BCUT2D eigenvalue weighted by Gasteiger charge is -2.22. The van der Waals surface area contributed by atoms with Crippen molar-refractivity contribution in [2.75, 3.05) is 10.6 Å². The second-order valence-electron chi connectivity index (χ2n) is 7.21. The van der Waals surface area contributed by atoms with E-state index in [4.69, 9.17) is 0 Å². The lowest BCUT2D eigenvalue weighted by atomic mass is 10.0. The molecule has 0 aliphatic rings. The quantitative estimate of drug-likeness (QED) is 0.714.